The van der Waals surface area contributed by atoms with E-state index in [4.69, 9.17) is 0 Å². The summed E-state index contributed by atoms with van der Waals surface area (Å²) in [4.78, 5) is 13.4. The van der Waals surface area contributed by atoms with E-state index in [1.54, 1.807) is 11.9 Å². The van der Waals surface area contributed by atoms with Crippen molar-refractivity contribution in [3.8, 4) is 0 Å². The molecule has 1 fully saturated rings. The lowest BCUT2D eigenvalue weighted by Crippen LogP contribution is -2.40. The standard InChI is InChI=1S/C11H22N2O3S/c1-3-4-6-13(2)11(14)8-12-10-5-7-17(15,16)9-10/h10,12H,3-9H2,1-2H3. The van der Waals surface area contributed by atoms with Crippen molar-refractivity contribution in [3.63, 3.8) is 0 Å². The molecule has 0 spiro atoms. The summed E-state index contributed by atoms with van der Waals surface area (Å²) in [5.74, 6) is 0.437. The van der Waals surface area contributed by atoms with Gasteiger partial charge in [0.15, 0.2) is 9.84 Å². The molecule has 1 amide bonds. The van der Waals surface area contributed by atoms with E-state index in [2.05, 4.69) is 12.2 Å². The van der Waals surface area contributed by atoms with E-state index in [1.165, 1.54) is 0 Å². The van der Waals surface area contributed by atoms with Crippen LogP contribution in [-0.4, -0.2) is 56.9 Å². The number of hydrogen-bond donors (Lipinski definition) is 1. The van der Waals surface area contributed by atoms with Crippen LogP contribution in [0.4, 0.5) is 0 Å². The smallest absolute Gasteiger partial charge is 0.236 e. The summed E-state index contributed by atoms with van der Waals surface area (Å²) in [5.41, 5.74) is 0. The van der Waals surface area contributed by atoms with Crippen LogP contribution in [0, 0.1) is 0 Å². The van der Waals surface area contributed by atoms with Gasteiger partial charge in [0.25, 0.3) is 0 Å². The number of nitrogens with one attached hydrogen (secondary N) is 1. The van der Waals surface area contributed by atoms with Gasteiger partial charge in [0.2, 0.25) is 5.91 Å². The average molecular weight is 262 g/mol. The minimum Gasteiger partial charge on any atom is -0.345 e. The van der Waals surface area contributed by atoms with Crippen LogP contribution in [0.15, 0.2) is 0 Å². The molecule has 0 radical (unpaired) electrons. The van der Waals surface area contributed by atoms with Gasteiger partial charge < -0.3 is 10.2 Å². The maximum atomic E-state index is 11.7. The van der Waals surface area contributed by atoms with Gasteiger partial charge in [0.1, 0.15) is 0 Å². The van der Waals surface area contributed by atoms with Crippen molar-refractivity contribution in [2.24, 2.45) is 0 Å². The molecule has 5 nitrogen and oxygen atoms in total. The molecule has 0 bridgehead atoms. The van der Waals surface area contributed by atoms with E-state index in [1.807, 2.05) is 0 Å². The zero-order valence-corrected chi connectivity index (χ0v) is 11.4. The molecule has 1 rings (SSSR count). The molecule has 1 aliphatic rings. The lowest BCUT2D eigenvalue weighted by atomic mass is 10.2. The predicted octanol–water partition coefficient (Wildman–Crippen LogP) is 0.0216. The molecule has 1 saturated heterocycles. The van der Waals surface area contributed by atoms with Crippen LogP contribution in [0.5, 0.6) is 0 Å². The van der Waals surface area contributed by atoms with Crippen molar-refractivity contribution in [1.29, 1.82) is 0 Å². The van der Waals surface area contributed by atoms with Gasteiger partial charge in [0.05, 0.1) is 18.1 Å². The summed E-state index contributed by atoms with van der Waals surface area (Å²) < 4.78 is 22.5. The molecule has 0 aromatic heterocycles. The second-order valence-electron chi connectivity index (χ2n) is 4.65. The molecule has 0 aromatic rings. The first kappa shape index (κ1) is 14.4. The fraction of sp³-hybridized carbons (Fsp3) is 0.909. The van der Waals surface area contributed by atoms with E-state index in [9.17, 15) is 13.2 Å². The van der Waals surface area contributed by atoms with Crippen molar-refractivity contribution < 1.29 is 13.2 Å². The molecule has 6 heteroatoms. The molecular formula is C11H22N2O3S. The van der Waals surface area contributed by atoms with E-state index in [0.29, 0.717) is 6.42 Å². The Hall–Kier alpha value is -0.620. The highest BCUT2D eigenvalue weighted by Gasteiger charge is 2.27. The number of likely N-dealkylation sites (N-methyl/N-ethyl adjacent to an activating group) is 1. The Labute approximate surface area is 103 Å². The minimum absolute atomic E-state index is 0.0303. The van der Waals surface area contributed by atoms with Crippen molar-refractivity contribution in [3.05, 3.63) is 0 Å². The number of carbonyl (C=O) groups is 1. The monoisotopic (exact) mass is 262 g/mol. The Morgan fingerprint density at radius 2 is 2.18 bits per heavy atom. The highest BCUT2D eigenvalue weighted by Crippen LogP contribution is 2.10. The van der Waals surface area contributed by atoms with Gasteiger partial charge in [-0.15, -0.1) is 0 Å². The molecule has 1 aliphatic heterocycles. The maximum absolute atomic E-state index is 11.7. The third kappa shape index (κ3) is 5.04. The predicted molar refractivity (Wildman–Crippen MR) is 67.6 cm³/mol. The van der Waals surface area contributed by atoms with Crippen molar-refractivity contribution in [2.45, 2.75) is 32.2 Å². The van der Waals surface area contributed by atoms with Gasteiger partial charge >= 0.3 is 0 Å². The molecule has 1 N–H and O–H groups in total. The first-order chi connectivity index (χ1) is 7.94. The molecule has 0 saturated carbocycles. The molecule has 0 aliphatic carbocycles. The first-order valence-electron chi connectivity index (χ1n) is 6.12. The summed E-state index contributed by atoms with van der Waals surface area (Å²) in [5, 5.41) is 3.02. The van der Waals surface area contributed by atoms with Crippen LogP contribution in [0.3, 0.4) is 0 Å². The van der Waals surface area contributed by atoms with Crippen LogP contribution in [-0.2, 0) is 14.6 Å². The van der Waals surface area contributed by atoms with Gasteiger partial charge in [-0.05, 0) is 12.8 Å². The second kappa shape index (κ2) is 6.35. The Balaban J connectivity index is 2.24. The lowest BCUT2D eigenvalue weighted by molar-refractivity contribution is -0.129. The number of rotatable bonds is 6. The number of unbranched alkanes of at least 4 members (excludes halogenated alkanes) is 1. The van der Waals surface area contributed by atoms with E-state index < -0.39 is 9.84 Å². The molecular weight excluding hydrogens is 240 g/mol. The summed E-state index contributed by atoms with van der Waals surface area (Å²) >= 11 is 0. The number of amides is 1. The Kier molecular flexibility index (Phi) is 5.39. The fourth-order valence-corrected chi connectivity index (χ4v) is 3.55. The van der Waals surface area contributed by atoms with Crippen molar-refractivity contribution in [1.82, 2.24) is 10.2 Å². The normalized spacial score (nSPS) is 22.6. The highest BCUT2D eigenvalue weighted by molar-refractivity contribution is 7.91. The van der Waals surface area contributed by atoms with Crippen LogP contribution in [0.1, 0.15) is 26.2 Å². The van der Waals surface area contributed by atoms with Gasteiger partial charge in [-0.1, -0.05) is 13.3 Å². The Morgan fingerprint density at radius 3 is 2.71 bits per heavy atom. The van der Waals surface area contributed by atoms with E-state index in [-0.39, 0.29) is 30.0 Å². The number of nitrogens with zero attached hydrogens (tertiary/aromatic N) is 1. The minimum atomic E-state index is -2.87. The number of hydrogen-bond acceptors (Lipinski definition) is 4. The second-order valence-corrected chi connectivity index (χ2v) is 6.88. The van der Waals surface area contributed by atoms with Crippen LogP contribution >= 0.6 is 0 Å². The van der Waals surface area contributed by atoms with Gasteiger partial charge in [-0.2, -0.15) is 0 Å². The quantitative estimate of drug-likeness (QED) is 0.733. The topological polar surface area (TPSA) is 66.5 Å². The van der Waals surface area contributed by atoms with Crippen LogP contribution in [0.25, 0.3) is 0 Å². The number of sulfone groups is 1. The molecule has 0 aromatic carbocycles. The fourth-order valence-electron chi connectivity index (χ4n) is 1.84. The number of carbonyl (C=O) groups excluding carboxylic acids is 1. The van der Waals surface area contributed by atoms with Crippen molar-refractivity contribution >= 4 is 15.7 Å². The zero-order valence-electron chi connectivity index (χ0n) is 10.6. The summed E-state index contributed by atoms with van der Waals surface area (Å²) in [6.45, 7) is 3.08. The zero-order chi connectivity index (χ0) is 12.9. The SMILES string of the molecule is CCCCN(C)C(=O)CNC1CCS(=O)(=O)C1. The average Bonchev–Trinajstić information content (AvgIpc) is 2.62. The third-order valence-corrected chi connectivity index (χ3v) is 4.82. The van der Waals surface area contributed by atoms with Gasteiger partial charge in [-0.25, -0.2) is 8.42 Å². The Bertz CT molecular complexity index is 354. The third-order valence-electron chi connectivity index (χ3n) is 3.05. The highest BCUT2D eigenvalue weighted by atomic mass is 32.2. The molecule has 1 unspecified atom stereocenters. The van der Waals surface area contributed by atoms with Crippen LogP contribution in [0.2, 0.25) is 0 Å². The van der Waals surface area contributed by atoms with Gasteiger partial charge in [0, 0.05) is 19.6 Å². The molecule has 1 atom stereocenters. The summed E-state index contributed by atoms with van der Waals surface area (Å²) in [7, 11) is -1.08. The van der Waals surface area contributed by atoms with Gasteiger partial charge in [-0.3, -0.25) is 4.79 Å². The Morgan fingerprint density at radius 1 is 1.47 bits per heavy atom. The molecule has 17 heavy (non-hydrogen) atoms. The summed E-state index contributed by atoms with van der Waals surface area (Å²) in [6, 6.07) is -0.0523. The maximum Gasteiger partial charge on any atom is 0.236 e. The van der Waals surface area contributed by atoms with E-state index in [0.717, 1.165) is 19.4 Å². The lowest BCUT2D eigenvalue weighted by Gasteiger charge is -2.18. The van der Waals surface area contributed by atoms with E-state index >= 15 is 0 Å². The molecule has 100 valence electrons. The molecule has 1 heterocycles. The summed E-state index contributed by atoms with van der Waals surface area (Å²) in [6.07, 6.45) is 2.68. The van der Waals surface area contributed by atoms with Crippen molar-refractivity contribution in [2.75, 3.05) is 31.6 Å². The van der Waals surface area contributed by atoms with Crippen LogP contribution < -0.4 is 5.32 Å². The largest absolute Gasteiger partial charge is 0.345 e. The first-order valence-corrected chi connectivity index (χ1v) is 7.94.